The van der Waals surface area contributed by atoms with Gasteiger partial charge >= 0.3 is 0 Å². The Bertz CT molecular complexity index is 1080. The van der Waals surface area contributed by atoms with Gasteiger partial charge in [0.15, 0.2) is 5.03 Å². The predicted molar refractivity (Wildman–Crippen MR) is 91.0 cm³/mol. The second-order valence-electron chi connectivity index (χ2n) is 5.68. The Morgan fingerprint density at radius 1 is 1.12 bits per heavy atom. The Morgan fingerprint density at radius 2 is 1.77 bits per heavy atom. The largest absolute Gasteiger partial charge is 0.358 e. The number of amides is 1. The van der Waals surface area contributed by atoms with Crippen molar-refractivity contribution in [2.24, 2.45) is 0 Å². The SMILES string of the molecule is CNC(=O)Cn1nc(S(=O)(=O)Cc2ccc(F)cc2)c2ccc(F)cc21. The molecule has 0 atom stereocenters. The minimum Gasteiger partial charge on any atom is -0.358 e. The second-order valence-corrected chi connectivity index (χ2v) is 7.59. The predicted octanol–water partition coefficient (Wildman–Crippen LogP) is 2.03. The van der Waals surface area contributed by atoms with Crippen LogP contribution in [0.15, 0.2) is 47.5 Å². The maximum absolute atomic E-state index is 13.6. The summed E-state index contributed by atoms with van der Waals surface area (Å²) in [6.07, 6.45) is 0. The molecule has 0 spiro atoms. The van der Waals surface area contributed by atoms with Gasteiger partial charge in [0.25, 0.3) is 0 Å². The molecule has 0 radical (unpaired) electrons. The van der Waals surface area contributed by atoms with Gasteiger partial charge in [-0.3, -0.25) is 9.48 Å². The number of carbonyl (C=O) groups excluding carboxylic acids is 1. The lowest BCUT2D eigenvalue weighted by atomic mass is 10.2. The van der Waals surface area contributed by atoms with E-state index >= 15 is 0 Å². The van der Waals surface area contributed by atoms with Crippen LogP contribution in [0.5, 0.6) is 0 Å². The molecule has 0 saturated carbocycles. The lowest BCUT2D eigenvalue weighted by molar-refractivity contribution is -0.121. The fraction of sp³-hybridized carbons (Fsp3) is 0.176. The van der Waals surface area contributed by atoms with Gasteiger partial charge in [0.05, 0.1) is 11.3 Å². The van der Waals surface area contributed by atoms with Crippen molar-refractivity contribution in [2.75, 3.05) is 7.05 Å². The van der Waals surface area contributed by atoms with E-state index in [-0.39, 0.29) is 22.5 Å². The fourth-order valence-electron chi connectivity index (χ4n) is 2.55. The van der Waals surface area contributed by atoms with Gasteiger partial charge in [0, 0.05) is 12.4 Å². The zero-order valence-electron chi connectivity index (χ0n) is 13.7. The molecule has 0 bridgehead atoms. The van der Waals surface area contributed by atoms with Crippen molar-refractivity contribution in [1.29, 1.82) is 0 Å². The number of hydrogen-bond acceptors (Lipinski definition) is 4. The summed E-state index contributed by atoms with van der Waals surface area (Å²) in [7, 11) is -2.46. The van der Waals surface area contributed by atoms with Gasteiger partial charge in [-0.1, -0.05) is 12.1 Å². The quantitative estimate of drug-likeness (QED) is 0.736. The number of benzene rings is 2. The average molecular weight is 379 g/mol. The topological polar surface area (TPSA) is 81.1 Å². The van der Waals surface area contributed by atoms with Gasteiger partial charge in [-0.05, 0) is 35.9 Å². The number of halogens is 2. The number of hydrogen-bond donors (Lipinski definition) is 1. The van der Waals surface area contributed by atoms with Crippen LogP contribution < -0.4 is 5.32 Å². The molecule has 1 heterocycles. The molecule has 1 amide bonds. The maximum atomic E-state index is 13.6. The Morgan fingerprint density at radius 3 is 2.42 bits per heavy atom. The van der Waals surface area contributed by atoms with Crippen molar-refractivity contribution >= 4 is 26.6 Å². The van der Waals surface area contributed by atoms with Gasteiger partial charge in [-0.15, -0.1) is 0 Å². The molecule has 26 heavy (non-hydrogen) atoms. The summed E-state index contributed by atoms with van der Waals surface area (Å²) < 4.78 is 53.3. The van der Waals surface area contributed by atoms with E-state index in [1.807, 2.05) is 0 Å². The zero-order chi connectivity index (χ0) is 18.9. The molecule has 2 aromatic carbocycles. The van der Waals surface area contributed by atoms with Crippen LogP contribution in [0, 0.1) is 11.6 Å². The molecule has 136 valence electrons. The van der Waals surface area contributed by atoms with Gasteiger partial charge in [0.1, 0.15) is 18.2 Å². The first-order valence-corrected chi connectivity index (χ1v) is 9.29. The maximum Gasteiger partial charge on any atom is 0.241 e. The number of rotatable bonds is 5. The number of nitrogens with zero attached hydrogens (tertiary/aromatic N) is 2. The Labute approximate surface area is 148 Å². The van der Waals surface area contributed by atoms with Crippen molar-refractivity contribution in [1.82, 2.24) is 15.1 Å². The van der Waals surface area contributed by atoms with E-state index in [9.17, 15) is 22.0 Å². The molecule has 1 aromatic heterocycles. The normalized spacial score (nSPS) is 11.7. The number of likely N-dealkylation sites (N-methyl/N-ethyl adjacent to an activating group) is 1. The summed E-state index contributed by atoms with van der Waals surface area (Å²) >= 11 is 0. The Kier molecular flexibility index (Phi) is 4.73. The Hall–Kier alpha value is -2.81. The number of fused-ring (bicyclic) bond motifs is 1. The van der Waals surface area contributed by atoms with E-state index in [1.165, 1.54) is 37.4 Å². The van der Waals surface area contributed by atoms with Crippen LogP contribution in [0.25, 0.3) is 10.9 Å². The monoisotopic (exact) mass is 379 g/mol. The average Bonchev–Trinajstić information content (AvgIpc) is 2.95. The molecule has 6 nitrogen and oxygen atoms in total. The van der Waals surface area contributed by atoms with E-state index in [0.717, 1.165) is 16.8 Å². The number of sulfone groups is 1. The van der Waals surface area contributed by atoms with Gasteiger partial charge in [-0.25, -0.2) is 17.2 Å². The van der Waals surface area contributed by atoms with Crippen molar-refractivity contribution in [2.45, 2.75) is 17.3 Å². The molecular weight excluding hydrogens is 364 g/mol. The summed E-state index contributed by atoms with van der Waals surface area (Å²) in [6.45, 7) is -0.247. The fourth-order valence-corrected chi connectivity index (χ4v) is 4.05. The minimum absolute atomic E-state index is 0.200. The molecular formula is C17H15F2N3O3S. The standard InChI is InChI=1S/C17H15F2N3O3S/c1-20-16(23)9-22-15-8-13(19)6-7-14(15)17(21-22)26(24,25)10-11-2-4-12(18)5-3-11/h2-8H,9-10H2,1H3,(H,20,23). The zero-order valence-corrected chi connectivity index (χ0v) is 14.6. The third-order valence-corrected chi connectivity index (χ3v) is 5.42. The number of aromatic nitrogens is 2. The molecule has 0 aliphatic rings. The summed E-state index contributed by atoms with van der Waals surface area (Å²) in [6, 6.07) is 8.65. The van der Waals surface area contributed by atoms with E-state index in [0.29, 0.717) is 5.56 Å². The third kappa shape index (κ3) is 3.57. The first kappa shape index (κ1) is 18.0. The lowest BCUT2D eigenvalue weighted by Gasteiger charge is -2.03. The smallest absolute Gasteiger partial charge is 0.241 e. The number of carbonyl (C=O) groups is 1. The van der Waals surface area contributed by atoms with Crippen LogP contribution >= 0.6 is 0 Å². The highest BCUT2D eigenvalue weighted by atomic mass is 32.2. The molecule has 0 aliphatic carbocycles. The number of nitrogens with one attached hydrogen (secondary N) is 1. The third-order valence-electron chi connectivity index (χ3n) is 3.82. The molecule has 1 N–H and O–H groups in total. The molecule has 3 aromatic rings. The van der Waals surface area contributed by atoms with Gasteiger partial charge in [-0.2, -0.15) is 5.10 Å². The summed E-state index contributed by atoms with van der Waals surface area (Å²) in [4.78, 5) is 11.6. The van der Waals surface area contributed by atoms with Crippen LogP contribution in [-0.2, 0) is 26.9 Å². The van der Waals surface area contributed by atoms with Crippen molar-refractivity contribution in [3.05, 3.63) is 59.7 Å². The van der Waals surface area contributed by atoms with E-state index < -0.39 is 33.1 Å². The minimum atomic E-state index is -3.90. The summed E-state index contributed by atoms with van der Waals surface area (Å²) in [5.74, 6) is -1.84. The highest BCUT2D eigenvalue weighted by molar-refractivity contribution is 7.90. The molecule has 0 unspecified atom stereocenters. The first-order valence-electron chi connectivity index (χ1n) is 7.64. The highest BCUT2D eigenvalue weighted by Crippen LogP contribution is 2.26. The lowest BCUT2D eigenvalue weighted by Crippen LogP contribution is -2.24. The second kappa shape index (κ2) is 6.83. The van der Waals surface area contributed by atoms with Crippen LogP contribution in [0.4, 0.5) is 8.78 Å². The van der Waals surface area contributed by atoms with Crippen LogP contribution in [-0.4, -0.2) is 31.2 Å². The first-order chi connectivity index (χ1) is 12.3. The molecule has 9 heteroatoms. The van der Waals surface area contributed by atoms with Gasteiger partial charge < -0.3 is 5.32 Å². The Balaban J connectivity index is 2.08. The summed E-state index contributed by atoms with van der Waals surface area (Å²) in [5.41, 5.74) is 0.591. The highest BCUT2D eigenvalue weighted by Gasteiger charge is 2.24. The van der Waals surface area contributed by atoms with E-state index in [2.05, 4.69) is 10.4 Å². The van der Waals surface area contributed by atoms with E-state index in [1.54, 1.807) is 0 Å². The summed E-state index contributed by atoms with van der Waals surface area (Å²) in [5, 5.41) is 6.41. The molecule has 3 rings (SSSR count). The molecule has 0 saturated heterocycles. The van der Waals surface area contributed by atoms with Crippen molar-refractivity contribution < 1.29 is 22.0 Å². The molecule has 0 fully saturated rings. The van der Waals surface area contributed by atoms with Crippen LogP contribution in [0.1, 0.15) is 5.56 Å². The van der Waals surface area contributed by atoms with Crippen LogP contribution in [0.3, 0.4) is 0 Å². The molecule has 0 aliphatic heterocycles. The van der Waals surface area contributed by atoms with Crippen molar-refractivity contribution in [3.63, 3.8) is 0 Å². The van der Waals surface area contributed by atoms with Gasteiger partial charge in [0.2, 0.25) is 15.7 Å². The van der Waals surface area contributed by atoms with Crippen molar-refractivity contribution in [3.8, 4) is 0 Å². The van der Waals surface area contributed by atoms with E-state index in [4.69, 9.17) is 0 Å². The van der Waals surface area contributed by atoms with Crippen LogP contribution in [0.2, 0.25) is 0 Å².